The first-order valence-corrected chi connectivity index (χ1v) is 14.5. The van der Waals surface area contributed by atoms with Crippen molar-refractivity contribution < 1.29 is 17.2 Å². The first-order valence-electron chi connectivity index (χ1n) is 12.3. The van der Waals surface area contributed by atoms with Gasteiger partial charge in [-0.3, -0.25) is 9.80 Å². The minimum atomic E-state index is -3.72. The molecule has 1 heterocycles. The van der Waals surface area contributed by atoms with Crippen LogP contribution in [0.3, 0.4) is 0 Å². The van der Waals surface area contributed by atoms with Gasteiger partial charge in [0.05, 0.1) is 10.9 Å². The summed E-state index contributed by atoms with van der Waals surface area (Å²) >= 11 is 6.14. The lowest BCUT2D eigenvalue weighted by Gasteiger charge is -2.42. The standard InChI is InChI=1S/C29H31ClF2N2O2S/c1-4-33(5-2)17-20-6-8-21(9-7-20)28(22-10-12-25(30)13-11-22)34-18-24(19-34)29(37(3,35)36)23-14-26(31)16-27(32)15-23/h6-16,28H,4-5,17-19H2,1-3H3/t28-/m0/s1. The molecular weight excluding hydrogens is 514 g/mol. The number of hydrogen-bond donors (Lipinski definition) is 0. The molecule has 0 amide bonds. The van der Waals surface area contributed by atoms with Crippen LogP contribution in [0.15, 0.2) is 72.3 Å². The second-order valence-electron chi connectivity index (χ2n) is 9.43. The van der Waals surface area contributed by atoms with Crippen molar-refractivity contribution >= 4 is 26.3 Å². The SMILES string of the molecule is CCN(CC)Cc1ccc([C@@H](c2ccc(Cl)cc2)N2CC(=C(c3cc(F)cc(F)c3)S(C)(=O)=O)C2)cc1. The van der Waals surface area contributed by atoms with Gasteiger partial charge in [0.25, 0.3) is 0 Å². The van der Waals surface area contributed by atoms with Crippen LogP contribution in [0.4, 0.5) is 8.78 Å². The first-order chi connectivity index (χ1) is 17.6. The quantitative estimate of drug-likeness (QED) is 0.316. The normalized spacial score (nSPS) is 15.1. The zero-order valence-corrected chi connectivity index (χ0v) is 22.8. The van der Waals surface area contributed by atoms with E-state index in [0.29, 0.717) is 23.7 Å². The van der Waals surface area contributed by atoms with E-state index < -0.39 is 21.5 Å². The van der Waals surface area contributed by atoms with Crippen LogP contribution in [0.25, 0.3) is 4.91 Å². The molecule has 0 spiro atoms. The molecule has 3 aromatic carbocycles. The largest absolute Gasteiger partial charge is 0.300 e. The van der Waals surface area contributed by atoms with Gasteiger partial charge >= 0.3 is 0 Å². The fourth-order valence-electron chi connectivity index (χ4n) is 4.91. The van der Waals surface area contributed by atoms with E-state index in [2.05, 4.69) is 47.9 Å². The maximum atomic E-state index is 13.9. The number of hydrogen-bond acceptors (Lipinski definition) is 4. The predicted molar refractivity (Wildman–Crippen MR) is 146 cm³/mol. The monoisotopic (exact) mass is 544 g/mol. The molecule has 196 valence electrons. The average molecular weight is 545 g/mol. The van der Waals surface area contributed by atoms with Gasteiger partial charge in [0.15, 0.2) is 9.84 Å². The van der Waals surface area contributed by atoms with Crippen LogP contribution in [0.5, 0.6) is 0 Å². The summed E-state index contributed by atoms with van der Waals surface area (Å²) < 4.78 is 53.2. The highest BCUT2D eigenvalue weighted by atomic mass is 35.5. The molecule has 0 aromatic heterocycles. The molecule has 1 aliphatic rings. The van der Waals surface area contributed by atoms with E-state index in [1.165, 1.54) is 5.56 Å². The molecule has 1 fully saturated rings. The molecule has 1 saturated heterocycles. The number of sulfone groups is 1. The van der Waals surface area contributed by atoms with Crippen molar-refractivity contribution in [1.29, 1.82) is 0 Å². The van der Waals surface area contributed by atoms with Crippen molar-refractivity contribution in [3.05, 3.63) is 111 Å². The van der Waals surface area contributed by atoms with Gasteiger partial charge < -0.3 is 0 Å². The Morgan fingerprint density at radius 2 is 1.43 bits per heavy atom. The molecule has 0 saturated carbocycles. The summed E-state index contributed by atoms with van der Waals surface area (Å²) in [4.78, 5) is 4.49. The Bertz CT molecular complexity index is 1360. The molecule has 0 N–H and O–H groups in total. The van der Waals surface area contributed by atoms with Crippen molar-refractivity contribution in [2.45, 2.75) is 26.4 Å². The molecule has 3 aromatic rings. The summed E-state index contributed by atoms with van der Waals surface area (Å²) in [7, 11) is -3.72. The minimum Gasteiger partial charge on any atom is -0.300 e. The lowest BCUT2D eigenvalue weighted by Crippen LogP contribution is -2.44. The van der Waals surface area contributed by atoms with Gasteiger partial charge in [-0.1, -0.05) is 61.8 Å². The molecule has 1 aliphatic heterocycles. The van der Waals surface area contributed by atoms with Crippen LogP contribution < -0.4 is 0 Å². The number of nitrogens with zero attached hydrogens (tertiary/aromatic N) is 2. The number of likely N-dealkylation sites (tertiary alicyclic amines) is 1. The average Bonchev–Trinajstić information content (AvgIpc) is 2.81. The fourth-order valence-corrected chi connectivity index (χ4v) is 6.23. The summed E-state index contributed by atoms with van der Waals surface area (Å²) in [5.41, 5.74) is 3.99. The molecule has 0 aliphatic carbocycles. The van der Waals surface area contributed by atoms with Crippen molar-refractivity contribution in [3.8, 4) is 0 Å². The molecule has 8 heteroatoms. The summed E-state index contributed by atoms with van der Waals surface area (Å²) in [5.74, 6) is -1.62. The molecule has 0 radical (unpaired) electrons. The van der Waals surface area contributed by atoms with Crippen molar-refractivity contribution in [3.63, 3.8) is 0 Å². The summed E-state index contributed by atoms with van der Waals surface area (Å²) in [6.07, 6.45) is 1.08. The van der Waals surface area contributed by atoms with E-state index in [1.54, 1.807) is 0 Å². The van der Waals surface area contributed by atoms with E-state index in [4.69, 9.17) is 11.6 Å². The number of benzene rings is 3. The Morgan fingerprint density at radius 3 is 1.92 bits per heavy atom. The van der Waals surface area contributed by atoms with Crippen LogP contribution in [0.2, 0.25) is 5.02 Å². The highest BCUT2D eigenvalue weighted by Gasteiger charge is 2.35. The topological polar surface area (TPSA) is 40.6 Å². The van der Waals surface area contributed by atoms with Crippen LogP contribution in [-0.4, -0.2) is 50.7 Å². The highest BCUT2D eigenvalue weighted by Crippen LogP contribution is 2.38. The van der Waals surface area contributed by atoms with Gasteiger partial charge in [-0.25, -0.2) is 17.2 Å². The van der Waals surface area contributed by atoms with Gasteiger partial charge in [0.2, 0.25) is 0 Å². The molecule has 37 heavy (non-hydrogen) atoms. The molecular formula is C29H31ClF2N2O2S. The smallest absolute Gasteiger partial charge is 0.176 e. The Hall–Kier alpha value is -2.58. The van der Waals surface area contributed by atoms with Crippen molar-refractivity contribution in [2.75, 3.05) is 32.4 Å². The van der Waals surface area contributed by atoms with Gasteiger partial charge in [-0.15, -0.1) is 0 Å². The fraction of sp³-hybridized carbons (Fsp3) is 0.310. The lowest BCUT2D eigenvalue weighted by molar-refractivity contribution is 0.203. The Morgan fingerprint density at radius 1 is 0.919 bits per heavy atom. The highest BCUT2D eigenvalue weighted by molar-refractivity contribution is 8.00. The zero-order chi connectivity index (χ0) is 26.7. The van der Waals surface area contributed by atoms with Crippen LogP contribution >= 0.6 is 11.6 Å². The third kappa shape index (κ3) is 6.47. The molecule has 0 bridgehead atoms. The second kappa shape index (κ2) is 11.4. The minimum absolute atomic E-state index is 0.00780. The van der Waals surface area contributed by atoms with Gasteiger partial charge in [0, 0.05) is 37.0 Å². The third-order valence-corrected chi connectivity index (χ3v) is 8.27. The Labute approximate surface area is 223 Å². The Balaban J connectivity index is 1.68. The van der Waals surface area contributed by atoms with E-state index in [9.17, 15) is 17.2 Å². The third-order valence-electron chi connectivity index (χ3n) is 6.75. The van der Waals surface area contributed by atoms with Crippen molar-refractivity contribution in [1.82, 2.24) is 9.80 Å². The second-order valence-corrected chi connectivity index (χ2v) is 11.8. The molecule has 1 atom stereocenters. The Kier molecular flexibility index (Phi) is 8.49. The first kappa shape index (κ1) is 27.5. The number of halogens is 3. The van der Waals surface area contributed by atoms with Gasteiger partial charge in [0.1, 0.15) is 11.6 Å². The van der Waals surface area contributed by atoms with Gasteiger partial charge in [-0.05, 0) is 65.2 Å². The van der Waals surface area contributed by atoms with Crippen LogP contribution in [0, 0.1) is 11.6 Å². The van der Waals surface area contributed by atoms with Gasteiger partial charge in [-0.2, -0.15) is 0 Å². The van der Waals surface area contributed by atoms with Crippen LogP contribution in [-0.2, 0) is 16.4 Å². The predicted octanol–water partition coefficient (Wildman–Crippen LogP) is 6.32. The van der Waals surface area contributed by atoms with Crippen molar-refractivity contribution in [2.24, 2.45) is 0 Å². The summed E-state index contributed by atoms with van der Waals surface area (Å²) in [6, 6.07) is 18.8. The van der Waals surface area contributed by atoms with E-state index in [1.807, 2.05) is 24.3 Å². The van der Waals surface area contributed by atoms with E-state index >= 15 is 0 Å². The summed E-state index contributed by atoms with van der Waals surface area (Å²) in [6.45, 7) is 7.83. The zero-order valence-electron chi connectivity index (χ0n) is 21.2. The maximum absolute atomic E-state index is 13.9. The van der Waals surface area contributed by atoms with Crippen LogP contribution in [0.1, 0.15) is 42.1 Å². The van der Waals surface area contributed by atoms with E-state index in [-0.39, 0.29) is 16.5 Å². The maximum Gasteiger partial charge on any atom is 0.176 e. The summed E-state index contributed by atoms with van der Waals surface area (Å²) in [5, 5.41) is 0.633. The number of rotatable bonds is 9. The lowest BCUT2D eigenvalue weighted by atomic mass is 9.91. The molecule has 4 rings (SSSR count). The van der Waals surface area contributed by atoms with E-state index in [0.717, 1.165) is 55.2 Å². The molecule has 4 nitrogen and oxygen atoms in total. The molecule has 0 unspecified atom stereocenters.